The van der Waals surface area contributed by atoms with Gasteiger partial charge >= 0.3 is 5.97 Å². The smallest absolute Gasteiger partial charge is 0.343 e. The van der Waals surface area contributed by atoms with E-state index in [-0.39, 0.29) is 17.9 Å². The summed E-state index contributed by atoms with van der Waals surface area (Å²) in [7, 11) is 2.82. The second-order valence-electron chi connectivity index (χ2n) is 6.00. The van der Waals surface area contributed by atoms with E-state index in [4.69, 9.17) is 4.74 Å². The van der Waals surface area contributed by atoms with Crippen molar-refractivity contribution in [1.29, 1.82) is 0 Å². The largest absolute Gasteiger partial charge is 0.507 e. The maximum absolute atomic E-state index is 12.3. The molecule has 0 aliphatic heterocycles. The van der Waals surface area contributed by atoms with Gasteiger partial charge in [-0.05, 0) is 43.2 Å². The lowest BCUT2D eigenvalue weighted by atomic mass is 10.1. The van der Waals surface area contributed by atoms with Crippen LogP contribution in [-0.4, -0.2) is 35.1 Å². The Balaban J connectivity index is 2.20. The lowest BCUT2D eigenvalue weighted by molar-refractivity contribution is -0.142. The number of allylic oxidation sites excluding steroid dienone is 1. The number of rotatable bonds is 6. The Kier molecular flexibility index (Phi) is 6.18. The highest BCUT2D eigenvalue weighted by Gasteiger charge is 2.16. The second-order valence-corrected chi connectivity index (χ2v) is 6.00. The number of carbonyl (C=O) groups excluding carboxylic acids is 2. The number of nitrogens with zero attached hydrogens (tertiary/aromatic N) is 1. The molecule has 0 fully saturated rings. The number of hydrogen-bond acceptors (Lipinski definition) is 6. The molecule has 0 aliphatic carbocycles. The average Bonchev–Trinajstić information content (AvgIpc) is 2.63. The highest BCUT2D eigenvalue weighted by molar-refractivity contribution is 6.08. The van der Waals surface area contributed by atoms with E-state index in [9.17, 15) is 19.5 Å². The highest BCUT2D eigenvalue weighted by atomic mass is 16.6. The van der Waals surface area contributed by atoms with Gasteiger partial charge in [0, 0.05) is 18.8 Å². The molecule has 0 amide bonds. The molecule has 1 heterocycles. The minimum absolute atomic E-state index is 0.193. The van der Waals surface area contributed by atoms with E-state index in [0.29, 0.717) is 17.0 Å². The number of ketones is 1. The van der Waals surface area contributed by atoms with Gasteiger partial charge < -0.3 is 19.1 Å². The fourth-order valence-corrected chi connectivity index (χ4v) is 2.42. The van der Waals surface area contributed by atoms with Gasteiger partial charge in [0.1, 0.15) is 17.1 Å². The van der Waals surface area contributed by atoms with Crippen molar-refractivity contribution in [2.24, 2.45) is 7.05 Å². The molecule has 0 bridgehead atoms. The topological polar surface area (TPSA) is 94.8 Å². The van der Waals surface area contributed by atoms with Crippen LogP contribution in [0.4, 0.5) is 0 Å². The average molecular weight is 371 g/mol. The molecule has 0 saturated heterocycles. The Morgan fingerprint density at radius 3 is 2.56 bits per heavy atom. The van der Waals surface area contributed by atoms with E-state index in [1.165, 1.54) is 36.9 Å². The molecule has 0 spiro atoms. The van der Waals surface area contributed by atoms with Gasteiger partial charge in [0.15, 0.2) is 12.4 Å². The summed E-state index contributed by atoms with van der Waals surface area (Å²) in [5.41, 5.74) is 1.20. The van der Waals surface area contributed by atoms with Crippen LogP contribution in [0.2, 0.25) is 0 Å². The maximum atomic E-state index is 12.3. The molecule has 7 nitrogen and oxygen atoms in total. The van der Waals surface area contributed by atoms with Crippen molar-refractivity contribution in [2.45, 2.75) is 13.8 Å². The number of aryl methyl sites for hydroxylation is 2. The Hall–Kier alpha value is -3.35. The molecule has 0 aliphatic rings. The first-order valence-corrected chi connectivity index (χ1v) is 8.17. The van der Waals surface area contributed by atoms with Crippen molar-refractivity contribution in [3.63, 3.8) is 0 Å². The lowest BCUT2D eigenvalue weighted by Gasteiger charge is -2.09. The van der Waals surface area contributed by atoms with Crippen molar-refractivity contribution < 1.29 is 24.2 Å². The van der Waals surface area contributed by atoms with Gasteiger partial charge in [0.2, 0.25) is 0 Å². The summed E-state index contributed by atoms with van der Waals surface area (Å²) >= 11 is 0. The van der Waals surface area contributed by atoms with Crippen LogP contribution in [0.5, 0.6) is 11.5 Å². The van der Waals surface area contributed by atoms with Crippen molar-refractivity contribution in [1.82, 2.24) is 4.57 Å². The maximum Gasteiger partial charge on any atom is 0.343 e. The monoisotopic (exact) mass is 371 g/mol. The summed E-state index contributed by atoms with van der Waals surface area (Å²) in [4.78, 5) is 35.7. The molecular weight excluding hydrogens is 350 g/mol. The summed E-state index contributed by atoms with van der Waals surface area (Å²) in [5, 5.41) is 9.95. The molecule has 1 aromatic carbocycles. The standard InChI is InChI=1S/C20H21NO6/c1-12-9-14(6-8-17(12)27-11-18(24)26-4)5-7-15(22)19-16(23)10-13(2)21(3)20(19)25/h5-10,23H,11H2,1-4H3. The summed E-state index contributed by atoms with van der Waals surface area (Å²) in [6.45, 7) is 3.27. The van der Waals surface area contributed by atoms with Gasteiger partial charge in [0.25, 0.3) is 5.56 Å². The first-order chi connectivity index (χ1) is 12.7. The molecule has 27 heavy (non-hydrogen) atoms. The molecule has 2 aromatic rings. The fraction of sp³-hybridized carbons (Fsp3) is 0.250. The number of ether oxygens (including phenoxy) is 2. The normalized spacial score (nSPS) is 10.8. The molecule has 0 saturated carbocycles. The Morgan fingerprint density at radius 1 is 1.22 bits per heavy atom. The van der Waals surface area contributed by atoms with Crippen LogP contribution in [0.1, 0.15) is 27.2 Å². The minimum Gasteiger partial charge on any atom is -0.507 e. The quantitative estimate of drug-likeness (QED) is 0.475. The molecule has 1 N–H and O–H groups in total. The van der Waals surface area contributed by atoms with Gasteiger partial charge in [-0.2, -0.15) is 0 Å². The van der Waals surface area contributed by atoms with E-state index >= 15 is 0 Å². The number of methoxy groups -OCH3 is 1. The van der Waals surface area contributed by atoms with Crippen LogP contribution < -0.4 is 10.3 Å². The van der Waals surface area contributed by atoms with Crippen LogP contribution in [0, 0.1) is 13.8 Å². The van der Waals surface area contributed by atoms with Gasteiger partial charge in [-0.3, -0.25) is 9.59 Å². The highest BCUT2D eigenvalue weighted by Crippen LogP contribution is 2.21. The van der Waals surface area contributed by atoms with Crippen molar-refractivity contribution in [2.75, 3.05) is 13.7 Å². The fourth-order valence-electron chi connectivity index (χ4n) is 2.42. The lowest BCUT2D eigenvalue weighted by Crippen LogP contribution is -2.25. The second kappa shape index (κ2) is 8.35. The SMILES string of the molecule is COC(=O)COc1ccc(C=CC(=O)c2c(O)cc(C)n(C)c2=O)cc1C. The van der Waals surface area contributed by atoms with Gasteiger partial charge in [0.05, 0.1) is 7.11 Å². The number of aromatic nitrogens is 1. The van der Waals surface area contributed by atoms with E-state index < -0.39 is 17.3 Å². The van der Waals surface area contributed by atoms with Crippen molar-refractivity contribution in [3.8, 4) is 11.5 Å². The summed E-state index contributed by atoms with van der Waals surface area (Å²) < 4.78 is 11.2. The van der Waals surface area contributed by atoms with E-state index in [1.807, 2.05) is 0 Å². The minimum atomic E-state index is -0.586. The molecule has 7 heteroatoms. The summed E-state index contributed by atoms with van der Waals surface area (Å²) in [5.74, 6) is -0.887. The zero-order chi connectivity index (χ0) is 20.1. The van der Waals surface area contributed by atoms with Crippen LogP contribution in [0.3, 0.4) is 0 Å². The third-order valence-corrected chi connectivity index (χ3v) is 4.10. The number of aromatic hydroxyl groups is 1. The predicted molar refractivity (Wildman–Crippen MR) is 100 cm³/mol. The molecular formula is C20H21NO6. The van der Waals surface area contributed by atoms with Crippen molar-refractivity contribution >= 4 is 17.8 Å². The summed E-state index contributed by atoms with van der Waals surface area (Å²) in [6.07, 6.45) is 2.77. The van der Waals surface area contributed by atoms with Crippen LogP contribution >= 0.6 is 0 Å². The Bertz CT molecular complexity index is 971. The molecule has 0 atom stereocenters. The zero-order valence-electron chi connectivity index (χ0n) is 15.6. The third kappa shape index (κ3) is 4.63. The first-order valence-electron chi connectivity index (χ1n) is 8.17. The molecule has 1 aromatic heterocycles. The number of esters is 1. The van der Waals surface area contributed by atoms with E-state index in [1.54, 1.807) is 32.0 Å². The summed E-state index contributed by atoms with van der Waals surface area (Å²) in [6, 6.07) is 6.52. The number of benzene rings is 1. The van der Waals surface area contributed by atoms with Gasteiger partial charge in [-0.1, -0.05) is 12.1 Å². The Labute approximate surface area is 156 Å². The molecule has 2 rings (SSSR count). The number of carbonyl (C=O) groups is 2. The number of pyridine rings is 1. The van der Waals surface area contributed by atoms with Gasteiger partial charge in [-0.15, -0.1) is 0 Å². The van der Waals surface area contributed by atoms with E-state index in [2.05, 4.69) is 4.74 Å². The van der Waals surface area contributed by atoms with Crippen LogP contribution in [0.15, 0.2) is 35.1 Å². The molecule has 0 unspecified atom stereocenters. The van der Waals surface area contributed by atoms with Crippen LogP contribution in [0.25, 0.3) is 6.08 Å². The zero-order valence-corrected chi connectivity index (χ0v) is 15.6. The van der Waals surface area contributed by atoms with Crippen LogP contribution in [-0.2, 0) is 16.6 Å². The third-order valence-electron chi connectivity index (χ3n) is 4.10. The molecule has 0 radical (unpaired) electrons. The first kappa shape index (κ1) is 20.0. The van der Waals surface area contributed by atoms with Gasteiger partial charge in [-0.25, -0.2) is 4.79 Å². The van der Waals surface area contributed by atoms with E-state index in [0.717, 1.165) is 5.56 Å². The molecule has 142 valence electrons. The predicted octanol–water partition coefficient (Wildman–Crippen LogP) is 2.16. The Morgan fingerprint density at radius 2 is 1.93 bits per heavy atom. The van der Waals surface area contributed by atoms with Crippen molar-refractivity contribution in [3.05, 3.63) is 63.1 Å². The number of hydrogen-bond donors (Lipinski definition) is 1.